The van der Waals surface area contributed by atoms with E-state index in [2.05, 4.69) is 10.6 Å². The number of carbonyl (C=O) groups excluding carboxylic acids is 3. The van der Waals surface area contributed by atoms with Crippen LogP contribution in [-0.4, -0.2) is 37.0 Å². The number of benzene rings is 2. The Hall–Kier alpha value is -3.22. The Kier molecular flexibility index (Phi) is 7.88. The SMILES string of the molecule is COC(=O)[C@H](Cc1cccc(C)c1)NC(=O)[C@@H](Cc1ccc(F)cc1)NC(C)=O. The van der Waals surface area contributed by atoms with Crippen LogP contribution < -0.4 is 10.6 Å². The van der Waals surface area contributed by atoms with Crippen molar-refractivity contribution in [1.29, 1.82) is 0 Å². The molecule has 2 N–H and O–H groups in total. The minimum absolute atomic E-state index is 0.157. The molecule has 0 heterocycles. The van der Waals surface area contributed by atoms with Gasteiger partial charge in [-0.2, -0.15) is 0 Å². The van der Waals surface area contributed by atoms with Gasteiger partial charge >= 0.3 is 5.97 Å². The Balaban J connectivity index is 2.16. The van der Waals surface area contributed by atoms with E-state index in [4.69, 9.17) is 4.74 Å². The molecular formula is C22H25FN2O4. The predicted octanol–water partition coefficient (Wildman–Crippen LogP) is 2.08. The number of halogens is 1. The number of aryl methyl sites for hydroxylation is 1. The largest absolute Gasteiger partial charge is 0.467 e. The normalized spacial score (nSPS) is 12.6. The van der Waals surface area contributed by atoms with E-state index in [1.54, 1.807) is 12.1 Å². The summed E-state index contributed by atoms with van der Waals surface area (Å²) in [4.78, 5) is 36.6. The molecule has 2 aromatic rings. The summed E-state index contributed by atoms with van der Waals surface area (Å²) in [5, 5.41) is 5.25. The molecule has 7 heteroatoms. The summed E-state index contributed by atoms with van der Waals surface area (Å²) in [6, 6.07) is 11.4. The monoisotopic (exact) mass is 400 g/mol. The zero-order valence-electron chi connectivity index (χ0n) is 16.7. The molecule has 154 valence electrons. The van der Waals surface area contributed by atoms with E-state index < -0.39 is 29.8 Å². The molecule has 0 radical (unpaired) electrons. The van der Waals surface area contributed by atoms with Gasteiger partial charge in [-0.15, -0.1) is 0 Å². The summed E-state index contributed by atoms with van der Waals surface area (Å²) in [6.07, 6.45) is 0.410. The van der Waals surface area contributed by atoms with Crippen LogP contribution in [0.25, 0.3) is 0 Å². The highest BCUT2D eigenvalue weighted by molar-refractivity contribution is 5.90. The fourth-order valence-corrected chi connectivity index (χ4v) is 2.99. The van der Waals surface area contributed by atoms with Gasteiger partial charge in [0.2, 0.25) is 11.8 Å². The van der Waals surface area contributed by atoms with E-state index in [0.29, 0.717) is 5.56 Å². The molecule has 2 atom stereocenters. The second-order valence-corrected chi connectivity index (χ2v) is 6.86. The first kappa shape index (κ1) is 22.1. The van der Waals surface area contributed by atoms with Crippen molar-refractivity contribution in [2.24, 2.45) is 0 Å². The maximum atomic E-state index is 13.1. The Morgan fingerprint density at radius 1 is 0.966 bits per heavy atom. The fraction of sp³-hybridized carbons (Fsp3) is 0.318. The van der Waals surface area contributed by atoms with Crippen LogP contribution in [0.15, 0.2) is 48.5 Å². The molecule has 0 fully saturated rings. The molecule has 0 aliphatic carbocycles. The molecule has 0 aliphatic rings. The van der Waals surface area contributed by atoms with Crippen LogP contribution in [0.4, 0.5) is 4.39 Å². The first-order valence-corrected chi connectivity index (χ1v) is 9.23. The van der Waals surface area contributed by atoms with Crippen molar-refractivity contribution in [1.82, 2.24) is 10.6 Å². The Morgan fingerprint density at radius 3 is 2.21 bits per heavy atom. The number of carbonyl (C=O) groups is 3. The zero-order chi connectivity index (χ0) is 21.4. The molecule has 0 bridgehead atoms. The number of rotatable bonds is 8. The number of nitrogens with one attached hydrogen (secondary N) is 2. The van der Waals surface area contributed by atoms with Gasteiger partial charge in [-0.3, -0.25) is 9.59 Å². The second-order valence-electron chi connectivity index (χ2n) is 6.86. The minimum Gasteiger partial charge on any atom is -0.467 e. The zero-order valence-corrected chi connectivity index (χ0v) is 16.7. The van der Waals surface area contributed by atoms with Gasteiger partial charge in [-0.05, 0) is 30.2 Å². The molecule has 0 aliphatic heterocycles. The predicted molar refractivity (Wildman–Crippen MR) is 107 cm³/mol. The summed E-state index contributed by atoms with van der Waals surface area (Å²) in [5.41, 5.74) is 2.58. The Morgan fingerprint density at radius 2 is 1.62 bits per heavy atom. The number of methoxy groups -OCH3 is 1. The van der Waals surface area contributed by atoms with E-state index in [1.807, 2.05) is 31.2 Å². The Bertz CT molecular complexity index is 867. The second kappa shape index (κ2) is 10.4. The van der Waals surface area contributed by atoms with Gasteiger partial charge in [0.25, 0.3) is 0 Å². The summed E-state index contributed by atoms with van der Waals surface area (Å²) in [7, 11) is 1.25. The molecule has 0 saturated heterocycles. The van der Waals surface area contributed by atoms with Gasteiger partial charge < -0.3 is 15.4 Å². The number of hydrogen-bond donors (Lipinski definition) is 2. The summed E-state index contributed by atoms with van der Waals surface area (Å²) in [6.45, 7) is 3.24. The van der Waals surface area contributed by atoms with Crippen LogP contribution in [0.3, 0.4) is 0 Å². The van der Waals surface area contributed by atoms with E-state index in [0.717, 1.165) is 11.1 Å². The van der Waals surface area contributed by atoms with Gasteiger partial charge in [0.15, 0.2) is 0 Å². The highest BCUT2D eigenvalue weighted by Crippen LogP contribution is 2.10. The highest BCUT2D eigenvalue weighted by atomic mass is 19.1. The van der Waals surface area contributed by atoms with Crippen LogP contribution in [-0.2, 0) is 32.0 Å². The molecular weight excluding hydrogens is 375 g/mol. The molecule has 0 unspecified atom stereocenters. The van der Waals surface area contributed by atoms with Crippen molar-refractivity contribution in [3.63, 3.8) is 0 Å². The molecule has 0 aromatic heterocycles. The van der Waals surface area contributed by atoms with Crippen LogP contribution in [0.2, 0.25) is 0 Å². The van der Waals surface area contributed by atoms with E-state index in [9.17, 15) is 18.8 Å². The topological polar surface area (TPSA) is 84.5 Å². The molecule has 0 spiro atoms. The van der Waals surface area contributed by atoms with E-state index >= 15 is 0 Å². The van der Waals surface area contributed by atoms with Crippen LogP contribution in [0.5, 0.6) is 0 Å². The van der Waals surface area contributed by atoms with Crippen LogP contribution in [0.1, 0.15) is 23.6 Å². The molecule has 29 heavy (non-hydrogen) atoms. The lowest BCUT2D eigenvalue weighted by molar-refractivity contribution is -0.145. The smallest absolute Gasteiger partial charge is 0.328 e. The minimum atomic E-state index is -0.914. The quantitative estimate of drug-likeness (QED) is 0.665. The molecule has 0 saturated carbocycles. The van der Waals surface area contributed by atoms with Gasteiger partial charge in [0.05, 0.1) is 7.11 Å². The van der Waals surface area contributed by atoms with Crippen molar-refractivity contribution < 1.29 is 23.5 Å². The summed E-state index contributed by atoms with van der Waals surface area (Å²) < 4.78 is 18.0. The molecule has 2 aromatic carbocycles. The van der Waals surface area contributed by atoms with Crippen LogP contribution >= 0.6 is 0 Å². The summed E-state index contributed by atoms with van der Waals surface area (Å²) >= 11 is 0. The molecule has 2 amide bonds. The van der Waals surface area contributed by atoms with Crippen molar-refractivity contribution in [3.8, 4) is 0 Å². The van der Waals surface area contributed by atoms with Gasteiger partial charge in [0, 0.05) is 19.8 Å². The van der Waals surface area contributed by atoms with Gasteiger partial charge in [-0.1, -0.05) is 42.0 Å². The maximum absolute atomic E-state index is 13.1. The molecule has 2 rings (SSSR count). The number of hydrogen-bond acceptors (Lipinski definition) is 4. The van der Waals surface area contributed by atoms with Crippen molar-refractivity contribution >= 4 is 17.8 Å². The number of ether oxygens (including phenoxy) is 1. The standard InChI is InChI=1S/C22H25FN2O4/c1-14-5-4-6-17(11-14)13-20(22(28)29-3)25-21(27)19(24-15(2)26)12-16-7-9-18(23)10-8-16/h4-11,19-20H,12-13H2,1-3H3,(H,24,26)(H,25,27)/t19-,20+/m1/s1. The number of amides is 2. The van der Waals surface area contributed by atoms with Crippen molar-refractivity contribution in [2.45, 2.75) is 38.8 Å². The fourth-order valence-electron chi connectivity index (χ4n) is 2.99. The Labute approximate surface area is 169 Å². The average Bonchev–Trinajstić information content (AvgIpc) is 2.67. The van der Waals surface area contributed by atoms with E-state index in [-0.39, 0.29) is 18.7 Å². The van der Waals surface area contributed by atoms with Gasteiger partial charge in [-0.25, -0.2) is 9.18 Å². The summed E-state index contributed by atoms with van der Waals surface area (Å²) in [5.74, 6) is -1.88. The first-order chi connectivity index (χ1) is 13.8. The third-order valence-corrected chi connectivity index (χ3v) is 4.37. The third kappa shape index (κ3) is 7.03. The van der Waals surface area contributed by atoms with Crippen molar-refractivity contribution in [3.05, 3.63) is 71.0 Å². The molecule has 6 nitrogen and oxygen atoms in total. The third-order valence-electron chi connectivity index (χ3n) is 4.37. The number of esters is 1. The van der Waals surface area contributed by atoms with E-state index in [1.165, 1.54) is 26.2 Å². The maximum Gasteiger partial charge on any atom is 0.328 e. The van der Waals surface area contributed by atoms with Crippen molar-refractivity contribution in [2.75, 3.05) is 7.11 Å². The van der Waals surface area contributed by atoms with Gasteiger partial charge in [0.1, 0.15) is 17.9 Å². The van der Waals surface area contributed by atoms with Crippen LogP contribution in [0, 0.1) is 12.7 Å². The lowest BCUT2D eigenvalue weighted by Crippen LogP contribution is -2.53. The lowest BCUT2D eigenvalue weighted by atomic mass is 10.0. The lowest BCUT2D eigenvalue weighted by Gasteiger charge is -2.22. The average molecular weight is 400 g/mol. The highest BCUT2D eigenvalue weighted by Gasteiger charge is 2.27. The first-order valence-electron chi connectivity index (χ1n) is 9.23.